The Labute approximate surface area is 153 Å². The van der Waals surface area contributed by atoms with Crippen LogP contribution in [0.3, 0.4) is 0 Å². The lowest BCUT2D eigenvalue weighted by Gasteiger charge is -2.43. The monoisotopic (exact) mass is 353 g/mol. The average molecular weight is 354 g/mol. The molecule has 0 aromatic rings. The minimum atomic E-state index is 0.424. The van der Waals surface area contributed by atoms with E-state index in [0.29, 0.717) is 17.6 Å². The van der Waals surface area contributed by atoms with Crippen molar-refractivity contribution in [3.05, 3.63) is 0 Å². The van der Waals surface area contributed by atoms with E-state index in [1.807, 2.05) is 0 Å². The van der Waals surface area contributed by atoms with E-state index in [1.54, 1.807) is 0 Å². The number of ether oxygens (including phenoxy) is 1. The molecule has 2 aliphatic carbocycles. The van der Waals surface area contributed by atoms with Crippen LogP contribution in [0.1, 0.15) is 83.5 Å². The molecule has 2 heterocycles. The van der Waals surface area contributed by atoms with E-state index in [1.165, 1.54) is 83.5 Å². The van der Waals surface area contributed by atoms with Gasteiger partial charge in [0.15, 0.2) is 0 Å². The fourth-order valence-corrected chi connectivity index (χ4v) is 6.42. The van der Waals surface area contributed by atoms with E-state index in [0.717, 1.165) is 23.9 Å². The molecule has 24 heavy (non-hydrogen) atoms. The average Bonchev–Trinajstić information content (AvgIpc) is 2.83. The van der Waals surface area contributed by atoms with Crippen LogP contribution in [0.15, 0.2) is 0 Å². The van der Waals surface area contributed by atoms with Gasteiger partial charge in [-0.15, -0.1) is 11.6 Å². The molecule has 2 saturated heterocycles. The predicted molar refractivity (Wildman–Crippen MR) is 101 cm³/mol. The zero-order valence-electron chi connectivity index (χ0n) is 15.5. The molecule has 3 unspecified atom stereocenters. The molecule has 2 nitrogen and oxygen atoms in total. The highest BCUT2D eigenvalue weighted by Crippen LogP contribution is 2.42. The molecule has 2 saturated carbocycles. The summed E-state index contributed by atoms with van der Waals surface area (Å²) in [6.07, 6.45) is 18.5. The van der Waals surface area contributed by atoms with Gasteiger partial charge in [-0.2, -0.15) is 0 Å². The highest BCUT2D eigenvalue weighted by Gasteiger charge is 2.42. The smallest absolute Gasteiger partial charge is 0.0635 e. The quantitative estimate of drug-likeness (QED) is 0.629. The first-order chi connectivity index (χ1) is 11.7. The van der Waals surface area contributed by atoms with Crippen molar-refractivity contribution in [2.75, 3.05) is 7.05 Å². The summed E-state index contributed by atoms with van der Waals surface area (Å²) in [6.45, 7) is 0. The summed E-state index contributed by atoms with van der Waals surface area (Å²) in [5.74, 6) is 1.60. The van der Waals surface area contributed by atoms with Crippen LogP contribution in [0, 0.1) is 11.8 Å². The molecule has 0 radical (unpaired) electrons. The van der Waals surface area contributed by atoms with E-state index >= 15 is 0 Å². The Bertz CT molecular complexity index is 389. The number of fused-ring (bicyclic) bond motifs is 2. The topological polar surface area (TPSA) is 12.5 Å². The predicted octanol–water partition coefficient (Wildman–Crippen LogP) is 5.37. The summed E-state index contributed by atoms with van der Waals surface area (Å²) >= 11 is 6.38. The van der Waals surface area contributed by atoms with Gasteiger partial charge < -0.3 is 9.64 Å². The van der Waals surface area contributed by atoms with Crippen LogP contribution in [0.5, 0.6) is 0 Å². The highest BCUT2D eigenvalue weighted by atomic mass is 35.5. The Hall–Kier alpha value is 0.210. The molecular weight excluding hydrogens is 318 g/mol. The number of hydrogen-bond donors (Lipinski definition) is 0. The molecular formula is C21H36ClNO. The van der Waals surface area contributed by atoms with Crippen molar-refractivity contribution < 1.29 is 4.74 Å². The number of rotatable bonds is 4. The fraction of sp³-hybridized carbons (Fsp3) is 1.00. The van der Waals surface area contributed by atoms with E-state index < -0.39 is 0 Å². The van der Waals surface area contributed by atoms with Crippen LogP contribution in [0.4, 0.5) is 0 Å². The Morgan fingerprint density at radius 1 is 0.792 bits per heavy atom. The molecule has 3 heteroatoms. The molecule has 0 aromatic carbocycles. The van der Waals surface area contributed by atoms with Crippen LogP contribution < -0.4 is 0 Å². The van der Waals surface area contributed by atoms with E-state index in [-0.39, 0.29) is 0 Å². The summed E-state index contributed by atoms with van der Waals surface area (Å²) in [4.78, 5) is 2.63. The second kappa shape index (κ2) is 7.84. The first-order valence-electron chi connectivity index (χ1n) is 10.7. The number of piperidine rings is 1. The second-order valence-electron chi connectivity index (χ2n) is 9.15. The van der Waals surface area contributed by atoms with Crippen LogP contribution in [0.2, 0.25) is 0 Å². The zero-order chi connectivity index (χ0) is 16.5. The number of nitrogens with zero attached hydrogens (tertiary/aromatic N) is 1. The van der Waals surface area contributed by atoms with E-state index in [4.69, 9.17) is 16.3 Å². The van der Waals surface area contributed by atoms with Gasteiger partial charge in [0, 0.05) is 17.5 Å². The van der Waals surface area contributed by atoms with Crippen LogP contribution in [0.25, 0.3) is 0 Å². The van der Waals surface area contributed by atoms with Crippen molar-refractivity contribution in [1.29, 1.82) is 0 Å². The molecule has 3 atom stereocenters. The Kier molecular flexibility index (Phi) is 5.76. The first-order valence-corrected chi connectivity index (χ1v) is 11.2. The number of halogens is 1. The summed E-state index contributed by atoms with van der Waals surface area (Å²) in [6, 6.07) is 1.58. The summed E-state index contributed by atoms with van der Waals surface area (Å²) in [5.41, 5.74) is 0. The van der Waals surface area contributed by atoms with Gasteiger partial charge in [-0.1, -0.05) is 19.3 Å². The van der Waals surface area contributed by atoms with Gasteiger partial charge in [0.1, 0.15) is 0 Å². The van der Waals surface area contributed by atoms with Gasteiger partial charge in [0.05, 0.1) is 12.2 Å². The van der Waals surface area contributed by atoms with Crippen molar-refractivity contribution in [2.24, 2.45) is 11.8 Å². The lowest BCUT2D eigenvalue weighted by molar-refractivity contribution is -0.112. The molecule has 0 aromatic heterocycles. The van der Waals surface area contributed by atoms with Gasteiger partial charge >= 0.3 is 0 Å². The van der Waals surface area contributed by atoms with Crippen molar-refractivity contribution in [3.8, 4) is 0 Å². The van der Waals surface area contributed by atoms with E-state index in [2.05, 4.69) is 11.9 Å². The summed E-state index contributed by atoms with van der Waals surface area (Å²) in [7, 11) is 2.33. The molecule has 4 fully saturated rings. The second-order valence-corrected chi connectivity index (χ2v) is 9.77. The van der Waals surface area contributed by atoms with Gasteiger partial charge in [-0.05, 0) is 83.1 Å². The maximum atomic E-state index is 6.97. The zero-order valence-corrected chi connectivity index (χ0v) is 16.2. The molecule has 0 spiro atoms. The number of hydrogen-bond acceptors (Lipinski definition) is 2. The first kappa shape index (κ1) is 17.6. The third kappa shape index (κ3) is 3.81. The van der Waals surface area contributed by atoms with Gasteiger partial charge in [-0.3, -0.25) is 0 Å². The van der Waals surface area contributed by atoms with Gasteiger partial charge in [0.2, 0.25) is 0 Å². The van der Waals surface area contributed by atoms with Gasteiger partial charge in [-0.25, -0.2) is 0 Å². The molecule has 4 aliphatic rings. The molecule has 0 N–H and O–H groups in total. The maximum absolute atomic E-state index is 6.97. The summed E-state index contributed by atoms with van der Waals surface area (Å²) in [5, 5.41) is 0.424. The van der Waals surface area contributed by atoms with Crippen LogP contribution in [-0.4, -0.2) is 41.6 Å². The van der Waals surface area contributed by atoms with Crippen LogP contribution in [-0.2, 0) is 4.74 Å². The highest BCUT2D eigenvalue weighted by molar-refractivity contribution is 6.20. The Balaban J connectivity index is 1.42. The molecule has 2 aliphatic heterocycles. The summed E-state index contributed by atoms with van der Waals surface area (Å²) < 4.78 is 6.97. The van der Waals surface area contributed by atoms with Crippen molar-refractivity contribution in [3.63, 3.8) is 0 Å². The molecule has 0 amide bonds. The lowest BCUT2D eigenvalue weighted by atomic mass is 9.75. The number of alkyl halides is 1. The SMILES string of the molecule is CN1C2CCC1CC(OC(C1CCCCC1)C1CCC(Cl)CC1)C2. The maximum Gasteiger partial charge on any atom is 0.0635 e. The van der Waals surface area contributed by atoms with Gasteiger partial charge in [0.25, 0.3) is 0 Å². The lowest BCUT2D eigenvalue weighted by Crippen LogP contribution is -2.46. The Morgan fingerprint density at radius 2 is 1.38 bits per heavy atom. The Morgan fingerprint density at radius 3 is 2.00 bits per heavy atom. The largest absolute Gasteiger partial charge is 0.374 e. The minimum Gasteiger partial charge on any atom is -0.374 e. The third-order valence-electron chi connectivity index (χ3n) is 7.69. The third-order valence-corrected chi connectivity index (χ3v) is 8.12. The van der Waals surface area contributed by atoms with Crippen molar-refractivity contribution >= 4 is 11.6 Å². The van der Waals surface area contributed by atoms with Crippen molar-refractivity contribution in [1.82, 2.24) is 4.90 Å². The van der Waals surface area contributed by atoms with Crippen molar-refractivity contribution in [2.45, 2.75) is 113 Å². The van der Waals surface area contributed by atoms with E-state index in [9.17, 15) is 0 Å². The molecule has 2 bridgehead atoms. The minimum absolute atomic E-state index is 0.424. The van der Waals surface area contributed by atoms with Crippen LogP contribution >= 0.6 is 11.6 Å². The molecule has 4 rings (SSSR count). The fourth-order valence-electron chi connectivity index (χ4n) is 6.17. The standard InChI is InChI=1S/C21H36ClNO/c1-23-18-11-12-19(23)14-20(13-18)24-21(15-5-3-2-4-6-15)16-7-9-17(22)10-8-16/h15-21H,2-14H2,1H3. The molecule has 138 valence electrons. The normalized spacial score (nSPS) is 43.0.